The van der Waals surface area contributed by atoms with Crippen molar-refractivity contribution in [2.24, 2.45) is 5.73 Å². The molecule has 2 unspecified atom stereocenters. The van der Waals surface area contributed by atoms with Crippen LogP contribution in [-0.2, 0) is 0 Å². The van der Waals surface area contributed by atoms with E-state index in [1.165, 1.54) is 22.4 Å². The number of benzene rings is 2. The highest BCUT2D eigenvalue weighted by molar-refractivity contribution is 5.51. The number of aryl methyl sites for hydroxylation is 2. The molecule has 21 heavy (non-hydrogen) atoms. The van der Waals surface area contributed by atoms with E-state index >= 15 is 0 Å². The molecule has 2 aromatic carbocycles. The fraction of sp³-hybridized carbons (Fsp3) is 0.368. The number of rotatable bonds is 5. The second-order valence-corrected chi connectivity index (χ2v) is 5.84. The third kappa shape index (κ3) is 3.64. The number of anilines is 1. The van der Waals surface area contributed by atoms with E-state index in [1.54, 1.807) is 0 Å². The van der Waals surface area contributed by atoms with Gasteiger partial charge >= 0.3 is 0 Å². The third-order valence-corrected chi connectivity index (χ3v) is 3.89. The summed E-state index contributed by atoms with van der Waals surface area (Å²) in [4.78, 5) is 2.40. The molecule has 0 aliphatic heterocycles. The summed E-state index contributed by atoms with van der Waals surface area (Å²) in [7, 11) is 0. The maximum atomic E-state index is 6.33. The largest absolute Gasteiger partial charge is 0.363 e. The Kier molecular flexibility index (Phi) is 5.03. The Balaban J connectivity index is 2.44. The molecule has 112 valence electrons. The van der Waals surface area contributed by atoms with Gasteiger partial charge in [-0.05, 0) is 51.0 Å². The monoisotopic (exact) mass is 282 g/mol. The quantitative estimate of drug-likeness (QED) is 0.889. The zero-order chi connectivity index (χ0) is 15.4. The standard InChI is InChI=1S/C19H26N2/c1-5-21(18-11-7-9-15(3)13-18)19(16(4)20)17-10-6-8-14(2)12-17/h6-13,16,19H,5,20H2,1-4H3. The molecule has 0 radical (unpaired) electrons. The van der Waals surface area contributed by atoms with E-state index < -0.39 is 0 Å². The average molecular weight is 282 g/mol. The van der Waals surface area contributed by atoms with Crippen molar-refractivity contribution in [3.63, 3.8) is 0 Å². The van der Waals surface area contributed by atoms with Crippen LogP contribution < -0.4 is 10.6 Å². The average Bonchev–Trinajstić information content (AvgIpc) is 2.44. The Morgan fingerprint density at radius 3 is 2.14 bits per heavy atom. The van der Waals surface area contributed by atoms with E-state index in [-0.39, 0.29) is 12.1 Å². The molecule has 0 bridgehead atoms. The summed E-state index contributed by atoms with van der Waals surface area (Å²) >= 11 is 0. The molecule has 0 heterocycles. The molecular weight excluding hydrogens is 256 g/mol. The van der Waals surface area contributed by atoms with Gasteiger partial charge < -0.3 is 10.6 Å². The van der Waals surface area contributed by atoms with Crippen molar-refractivity contribution in [2.75, 3.05) is 11.4 Å². The van der Waals surface area contributed by atoms with Crippen LogP contribution in [0.5, 0.6) is 0 Å². The molecule has 0 amide bonds. The van der Waals surface area contributed by atoms with Crippen molar-refractivity contribution in [3.8, 4) is 0 Å². The molecule has 0 saturated heterocycles. The summed E-state index contributed by atoms with van der Waals surface area (Å²) < 4.78 is 0. The van der Waals surface area contributed by atoms with E-state index in [0.717, 1.165) is 6.54 Å². The van der Waals surface area contributed by atoms with Crippen LogP contribution >= 0.6 is 0 Å². The van der Waals surface area contributed by atoms with E-state index in [4.69, 9.17) is 5.73 Å². The first-order valence-corrected chi connectivity index (χ1v) is 7.68. The molecule has 2 N–H and O–H groups in total. The normalized spacial score (nSPS) is 13.8. The Bertz CT molecular complexity index is 590. The van der Waals surface area contributed by atoms with Crippen molar-refractivity contribution < 1.29 is 0 Å². The van der Waals surface area contributed by atoms with Gasteiger partial charge in [-0.15, -0.1) is 0 Å². The lowest BCUT2D eigenvalue weighted by molar-refractivity contribution is 0.537. The molecule has 0 aliphatic rings. The van der Waals surface area contributed by atoms with Crippen LogP contribution in [0.1, 0.15) is 36.6 Å². The predicted octanol–water partition coefficient (Wildman–Crippen LogP) is 4.22. The van der Waals surface area contributed by atoms with Crippen LogP contribution in [0.15, 0.2) is 48.5 Å². The zero-order valence-electron chi connectivity index (χ0n) is 13.5. The zero-order valence-corrected chi connectivity index (χ0v) is 13.5. The molecular formula is C19H26N2. The van der Waals surface area contributed by atoms with Gasteiger partial charge in [-0.1, -0.05) is 42.0 Å². The predicted molar refractivity (Wildman–Crippen MR) is 91.8 cm³/mol. The van der Waals surface area contributed by atoms with E-state index in [2.05, 4.69) is 81.1 Å². The van der Waals surface area contributed by atoms with Crippen LogP contribution in [-0.4, -0.2) is 12.6 Å². The lowest BCUT2D eigenvalue weighted by Crippen LogP contribution is -2.39. The van der Waals surface area contributed by atoms with Crippen LogP contribution in [0.2, 0.25) is 0 Å². The molecule has 0 aromatic heterocycles. The van der Waals surface area contributed by atoms with Gasteiger partial charge in [0.1, 0.15) is 0 Å². The molecule has 2 aromatic rings. The van der Waals surface area contributed by atoms with Crippen LogP contribution in [0.25, 0.3) is 0 Å². The Morgan fingerprint density at radius 1 is 1.00 bits per heavy atom. The van der Waals surface area contributed by atoms with Gasteiger partial charge in [0.25, 0.3) is 0 Å². The molecule has 2 atom stereocenters. The minimum absolute atomic E-state index is 0.0623. The smallest absolute Gasteiger partial charge is 0.0690 e. The third-order valence-electron chi connectivity index (χ3n) is 3.89. The van der Waals surface area contributed by atoms with Gasteiger partial charge in [-0.3, -0.25) is 0 Å². The Morgan fingerprint density at radius 2 is 1.62 bits per heavy atom. The Hall–Kier alpha value is -1.80. The van der Waals surface area contributed by atoms with Crippen molar-refractivity contribution in [2.45, 2.75) is 39.8 Å². The van der Waals surface area contributed by atoms with Crippen molar-refractivity contribution in [3.05, 3.63) is 65.2 Å². The topological polar surface area (TPSA) is 29.3 Å². The first kappa shape index (κ1) is 15.6. The summed E-state index contributed by atoms with van der Waals surface area (Å²) in [5, 5.41) is 0. The van der Waals surface area contributed by atoms with Crippen molar-refractivity contribution >= 4 is 5.69 Å². The lowest BCUT2D eigenvalue weighted by atomic mass is 9.96. The minimum Gasteiger partial charge on any atom is -0.363 e. The van der Waals surface area contributed by atoms with Gasteiger partial charge in [0.05, 0.1) is 6.04 Å². The number of nitrogens with zero attached hydrogens (tertiary/aromatic N) is 1. The lowest BCUT2D eigenvalue weighted by Gasteiger charge is -2.36. The van der Waals surface area contributed by atoms with Crippen molar-refractivity contribution in [1.82, 2.24) is 0 Å². The number of nitrogens with two attached hydrogens (primary N) is 1. The molecule has 0 saturated carbocycles. The second kappa shape index (κ2) is 6.77. The first-order valence-electron chi connectivity index (χ1n) is 7.68. The highest BCUT2D eigenvalue weighted by atomic mass is 15.2. The molecule has 0 spiro atoms. The molecule has 0 aliphatic carbocycles. The van der Waals surface area contributed by atoms with Gasteiger partial charge in [-0.25, -0.2) is 0 Å². The summed E-state index contributed by atoms with van der Waals surface area (Å²) in [6.45, 7) is 9.47. The maximum Gasteiger partial charge on any atom is 0.0690 e. The van der Waals surface area contributed by atoms with Gasteiger partial charge in [-0.2, -0.15) is 0 Å². The SMILES string of the molecule is CCN(c1cccc(C)c1)C(c1cccc(C)c1)C(C)N. The molecule has 2 heteroatoms. The summed E-state index contributed by atoms with van der Waals surface area (Å²) in [6, 6.07) is 17.6. The van der Waals surface area contributed by atoms with Crippen LogP contribution in [0.3, 0.4) is 0 Å². The fourth-order valence-corrected chi connectivity index (χ4v) is 2.97. The molecule has 2 rings (SSSR count). The van der Waals surface area contributed by atoms with E-state index in [9.17, 15) is 0 Å². The number of hydrogen-bond donors (Lipinski definition) is 1. The fourth-order valence-electron chi connectivity index (χ4n) is 2.97. The number of likely N-dealkylation sites (N-methyl/N-ethyl adjacent to an activating group) is 1. The summed E-state index contributed by atoms with van der Waals surface area (Å²) in [6.07, 6.45) is 0. The van der Waals surface area contributed by atoms with E-state index in [0.29, 0.717) is 0 Å². The van der Waals surface area contributed by atoms with Gasteiger partial charge in [0.15, 0.2) is 0 Å². The molecule has 0 fully saturated rings. The highest BCUT2D eigenvalue weighted by Crippen LogP contribution is 2.30. The van der Waals surface area contributed by atoms with E-state index in [1.807, 2.05) is 0 Å². The van der Waals surface area contributed by atoms with Crippen LogP contribution in [0, 0.1) is 13.8 Å². The Labute approximate surface area is 128 Å². The summed E-state index contributed by atoms with van der Waals surface area (Å²) in [5.74, 6) is 0. The van der Waals surface area contributed by atoms with Crippen molar-refractivity contribution in [1.29, 1.82) is 0 Å². The highest BCUT2D eigenvalue weighted by Gasteiger charge is 2.23. The summed E-state index contributed by atoms with van der Waals surface area (Å²) in [5.41, 5.74) is 11.4. The minimum atomic E-state index is 0.0623. The van der Waals surface area contributed by atoms with Crippen LogP contribution in [0.4, 0.5) is 5.69 Å². The second-order valence-electron chi connectivity index (χ2n) is 5.84. The number of hydrogen-bond acceptors (Lipinski definition) is 2. The van der Waals surface area contributed by atoms with Gasteiger partial charge in [0, 0.05) is 18.3 Å². The maximum absolute atomic E-state index is 6.33. The first-order chi connectivity index (χ1) is 10.0. The van der Waals surface area contributed by atoms with Gasteiger partial charge in [0.2, 0.25) is 0 Å². The molecule has 2 nitrogen and oxygen atoms in total.